The van der Waals surface area contributed by atoms with Crippen molar-refractivity contribution < 1.29 is 9.84 Å². The maximum Gasteiger partial charge on any atom is 0.162 e. The van der Waals surface area contributed by atoms with Crippen molar-refractivity contribution in [1.29, 1.82) is 0 Å². The SMILES string of the molecule is CCC1CCCC(C(O)c2c(OC)cnn2C(C)C)C1. The van der Waals surface area contributed by atoms with Crippen molar-refractivity contribution in [2.45, 2.75) is 65.0 Å². The van der Waals surface area contributed by atoms with Crippen LogP contribution in [-0.2, 0) is 0 Å². The highest BCUT2D eigenvalue weighted by Crippen LogP contribution is 2.41. The van der Waals surface area contributed by atoms with Gasteiger partial charge in [-0.15, -0.1) is 0 Å². The van der Waals surface area contributed by atoms with Crippen molar-refractivity contribution in [2.75, 3.05) is 7.11 Å². The molecule has 1 N–H and O–H groups in total. The van der Waals surface area contributed by atoms with Crippen molar-refractivity contribution in [3.63, 3.8) is 0 Å². The fourth-order valence-corrected chi connectivity index (χ4v) is 3.42. The molecule has 1 aliphatic rings. The summed E-state index contributed by atoms with van der Waals surface area (Å²) in [5.41, 5.74) is 0.851. The summed E-state index contributed by atoms with van der Waals surface area (Å²) in [6.07, 6.45) is 7.21. The van der Waals surface area contributed by atoms with Crippen LogP contribution in [0.3, 0.4) is 0 Å². The predicted molar refractivity (Wildman–Crippen MR) is 79.9 cm³/mol. The maximum absolute atomic E-state index is 10.8. The molecule has 3 unspecified atom stereocenters. The van der Waals surface area contributed by atoms with Gasteiger partial charge in [0.25, 0.3) is 0 Å². The van der Waals surface area contributed by atoms with Gasteiger partial charge in [0.15, 0.2) is 5.75 Å². The van der Waals surface area contributed by atoms with Gasteiger partial charge in [-0.1, -0.05) is 26.2 Å². The molecule has 1 aliphatic carbocycles. The molecule has 2 rings (SSSR count). The van der Waals surface area contributed by atoms with Crippen molar-refractivity contribution in [3.8, 4) is 5.75 Å². The topological polar surface area (TPSA) is 47.3 Å². The van der Waals surface area contributed by atoms with E-state index in [1.807, 2.05) is 4.68 Å². The minimum absolute atomic E-state index is 0.231. The highest BCUT2D eigenvalue weighted by Gasteiger charge is 2.32. The van der Waals surface area contributed by atoms with E-state index in [-0.39, 0.29) is 6.04 Å². The van der Waals surface area contributed by atoms with Gasteiger partial charge in [-0.25, -0.2) is 0 Å². The lowest BCUT2D eigenvalue weighted by Crippen LogP contribution is -2.24. The molecule has 3 atom stereocenters. The van der Waals surface area contributed by atoms with Crippen LogP contribution in [-0.4, -0.2) is 22.0 Å². The zero-order chi connectivity index (χ0) is 14.7. The Bertz CT molecular complexity index is 428. The van der Waals surface area contributed by atoms with Crippen LogP contribution in [0.5, 0.6) is 5.75 Å². The van der Waals surface area contributed by atoms with Crippen LogP contribution in [0, 0.1) is 11.8 Å². The first-order chi connectivity index (χ1) is 9.58. The summed E-state index contributed by atoms with van der Waals surface area (Å²) in [5.74, 6) is 1.80. The number of aromatic nitrogens is 2. The lowest BCUT2D eigenvalue weighted by atomic mass is 9.77. The van der Waals surface area contributed by atoms with Crippen molar-refractivity contribution >= 4 is 0 Å². The molecule has 0 amide bonds. The first-order valence-electron chi connectivity index (χ1n) is 7.87. The molecule has 0 aromatic carbocycles. The number of rotatable bonds is 5. The number of aliphatic hydroxyl groups is 1. The molecular weight excluding hydrogens is 252 g/mol. The zero-order valence-corrected chi connectivity index (χ0v) is 13.2. The van der Waals surface area contributed by atoms with Crippen LogP contribution in [0.4, 0.5) is 0 Å². The summed E-state index contributed by atoms with van der Waals surface area (Å²) in [7, 11) is 1.65. The second-order valence-electron chi connectivity index (χ2n) is 6.28. The molecule has 0 spiro atoms. The molecule has 1 aromatic rings. The summed E-state index contributed by atoms with van der Waals surface area (Å²) in [4.78, 5) is 0. The van der Waals surface area contributed by atoms with E-state index in [9.17, 15) is 5.11 Å². The van der Waals surface area contributed by atoms with E-state index >= 15 is 0 Å². The van der Waals surface area contributed by atoms with E-state index in [4.69, 9.17) is 4.74 Å². The average molecular weight is 280 g/mol. The quantitative estimate of drug-likeness (QED) is 0.894. The van der Waals surface area contributed by atoms with Gasteiger partial charge in [-0.05, 0) is 38.5 Å². The summed E-state index contributed by atoms with van der Waals surface area (Å²) in [6.45, 7) is 6.41. The highest BCUT2D eigenvalue weighted by molar-refractivity contribution is 5.28. The van der Waals surface area contributed by atoms with E-state index in [0.717, 1.165) is 24.5 Å². The average Bonchev–Trinajstić information content (AvgIpc) is 2.90. The normalized spacial score (nSPS) is 24.9. The monoisotopic (exact) mass is 280 g/mol. The number of ether oxygens (including phenoxy) is 1. The molecule has 4 nitrogen and oxygen atoms in total. The van der Waals surface area contributed by atoms with Gasteiger partial charge >= 0.3 is 0 Å². The molecule has 1 aromatic heterocycles. The van der Waals surface area contributed by atoms with Gasteiger partial charge in [0, 0.05) is 6.04 Å². The Morgan fingerprint density at radius 3 is 2.80 bits per heavy atom. The third kappa shape index (κ3) is 3.00. The molecule has 4 heteroatoms. The summed E-state index contributed by atoms with van der Waals surface area (Å²) < 4.78 is 7.30. The molecule has 20 heavy (non-hydrogen) atoms. The summed E-state index contributed by atoms with van der Waals surface area (Å²) in [6, 6.07) is 0.231. The number of hydrogen-bond acceptors (Lipinski definition) is 3. The van der Waals surface area contributed by atoms with Crippen molar-refractivity contribution in [3.05, 3.63) is 11.9 Å². The number of hydrogen-bond donors (Lipinski definition) is 1. The fraction of sp³-hybridized carbons (Fsp3) is 0.812. The Balaban J connectivity index is 2.23. The van der Waals surface area contributed by atoms with Crippen LogP contribution < -0.4 is 4.74 Å². The molecule has 1 heterocycles. The minimum Gasteiger partial charge on any atom is -0.493 e. The van der Waals surface area contributed by atoms with Crippen molar-refractivity contribution in [2.24, 2.45) is 11.8 Å². The Kier molecular flexibility index (Phi) is 5.08. The molecular formula is C16H28N2O2. The van der Waals surface area contributed by atoms with Crippen LogP contribution in [0.25, 0.3) is 0 Å². The van der Waals surface area contributed by atoms with Gasteiger partial charge in [0.1, 0.15) is 11.8 Å². The maximum atomic E-state index is 10.8. The minimum atomic E-state index is -0.468. The lowest BCUT2D eigenvalue weighted by molar-refractivity contribution is 0.0577. The van der Waals surface area contributed by atoms with E-state index in [1.165, 1.54) is 19.3 Å². The second kappa shape index (κ2) is 6.61. The highest BCUT2D eigenvalue weighted by atomic mass is 16.5. The van der Waals surface area contributed by atoms with Crippen molar-refractivity contribution in [1.82, 2.24) is 9.78 Å². The molecule has 1 saturated carbocycles. The second-order valence-corrected chi connectivity index (χ2v) is 6.28. The molecule has 1 fully saturated rings. The molecule has 114 valence electrons. The molecule has 0 aliphatic heterocycles. The van der Waals surface area contributed by atoms with Gasteiger partial charge in [-0.2, -0.15) is 5.10 Å². The molecule has 0 bridgehead atoms. The first kappa shape index (κ1) is 15.4. The van der Waals surface area contributed by atoms with Gasteiger partial charge in [0.05, 0.1) is 13.3 Å². The standard InChI is InChI=1S/C16H28N2O2/c1-5-12-7-6-8-13(9-12)16(19)15-14(20-4)10-17-18(15)11(2)3/h10-13,16,19H,5-9H2,1-4H3. The molecule has 0 radical (unpaired) electrons. The summed E-state index contributed by atoms with van der Waals surface area (Å²) in [5, 5.41) is 15.2. The third-order valence-corrected chi connectivity index (χ3v) is 4.64. The zero-order valence-electron chi connectivity index (χ0n) is 13.2. The fourth-order valence-electron chi connectivity index (χ4n) is 3.42. The van der Waals surface area contributed by atoms with E-state index in [0.29, 0.717) is 11.7 Å². The van der Waals surface area contributed by atoms with Crippen LogP contribution in [0.2, 0.25) is 0 Å². The Labute approximate surface area is 122 Å². The Morgan fingerprint density at radius 2 is 2.20 bits per heavy atom. The molecule has 0 saturated heterocycles. The number of methoxy groups -OCH3 is 1. The van der Waals surface area contributed by atoms with Crippen LogP contribution in [0.15, 0.2) is 6.20 Å². The van der Waals surface area contributed by atoms with Crippen LogP contribution in [0.1, 0.15) is 70.7 Å². The van der Waals surface area contributed by atoms with E-state index in [1.54, 1.807) is 13.3 Å². The smallest absolute Gasteiger partial charge is 0.162 e. The first-order valence-corrected chi connectivity index (χ1v) is 7.87. The van der Waals surface area contributed by atoms with Crippen LogP contribution >= 0.6 is 0 Å². The van der Waals surface area contributed by atoms with Gasteiger partial charge in [-0.3, -0.25) is 4.68 Å². The van der Waals surface area contributed by atoms with Gasteiger partial charge in [0.2, 0.25) is 0 Å². The summed E-state index contributed by atoms with van der Waals surface area (Å²) >= 11 is 0. The van der Waals surface area contributed by atoms with E-state index < -0.39 is 6.10 Å². The number of nitrogens with zero attached hydrogens (tertiary/aromatic N) is 2. The number of aliphatic hydroxyl groups excluding tert-OH is 1. The Morgan fingerprint density at radius 1 is 1.45 bits per heavy atom. The Hall–Kier alpha value is -1.03. The predicted octanol–water partition coefficient (Wildman–Crippen LogP) is 3.72. The van der Waals surface area contributed by atoms with E-state index in [2.05, 4.69) is 25.9 Å². The van der Waals surface area contributed by atoms with Gasteiger partial charge < -0.3 is 9.84 Å². The lowest BCUT2D eigenvalue weighted by Gasteiger charge is -2.32. The third-order valence-electron chi connectivity index (χ3n) is 4.64. The largest absolute Gasteiger partial charge is 0.493 e.